The molecule has 0 amide bonds. The molecule has 14 heavy (non-hydrogen) atoms. The summed E-state index contributed by atoms with van der Waals surface area (Å²) in [7, 11) is 2.87. The third kappa shape index (κ3) is 1.96. The Kier molecular flexibility index (Phi) is 3.66. The monoisotopic (exact) mass is 221 g/mol. The number of halogens is 3. The molecule has 1 aromatic rings. The molecule has 0 aliphatic heterocycles. The van der Waals surface area contributed by atoms with Gasteiger partial charge in [-0.05, 0) is 13.1 Å². The van der Waals surface area contributed by atoms with Crippen molar-refractivity contribution in [2.75, 3.05) is 14.2 Å². The summed E-state index contributed by atoms with van der Waals surface area (Å²) in [5.41, 5.74) is 0.177. The first-order valence-corrected chi connectivity index (χ1v) is 4.34. The van der Waals surface area contributed by atoms with Gasteiger partial charge >= 0.3 is 0 Å². The van der Waals surface area contributed by atoms with Crippen molar-refractivity contribution in [1.29, 1.82) is 0 Å². The molecule has 0 unspecified atom stereocenters. The Morgan fingerprint density at radius 1 is 1.43 bits per heavy atom. The van der Waals surface area contributed by atoms with E-state index in [9.17, 15) is 8.78 Å². The second-order valence-electron chi connectivity index (χ2n) is 2.71. The molecule has 0 spiro atoms. The van der Waals surface area contributed by atoms with Gasteiger partial charge in [0, 0.05) is 12.1 Å². The highest BCUT2D eigenvalue weighted by atomic mass is 35.5. The molecule has 0 bridgehead atoms. The van der Waals surface area contributed by atoms with Crippen LogP contribution in [0, 0.1) is 11.6 Å². The van der Waals surface area contributed by atoms with Crippen molar-refractivity contribution in [3.05, 3.63) is 28.3 Å². The van der Waals surface area contributed by atoms with E-state index in [1.807, 2.05) is 0 Å². The average Bonchev–Trinajstić information content (AvgIpc) is 2.15. The Hall–Kier alpha value is -0.870. The van der Waals surface area contributed by atoms with Crippen LogP contribution in [-0.2, 0) is 6.54 Å². The van der Waals surface area contributed by atoms with Crippen molar-refractivity contribution < 1.29 is 13.5 Å². The second-order valence-corrected chi connectivity index (χ2v) is 3.12. The maximum Gasteiger partial charge on any atom is 0.202 e. The van der Waals surface area contributed by atoms with Crippen molar-refractivity contribution >= 4 is 11.6 Å². The molecule has 2 nitrogen and oxygen atoms in total. The smallest absolute Gasteiger partial charge is 0.202 e. The minimum absolute atomic E-state index is 0.0663. The molecule has 0 atom stereocenters. The van der Waals surface area contributed by atoms with Crippen LogP contribution in [0.1, 0.15) is 5.56 Å². The zero-order chi connectivity index (χ0) is 10.7. The zero-order valence-electron chi connectivity index (χ0n) is 7.83. The summed E-state index contributed by atoms with van der Waals surface area (Å²) in [6.45, 7) is 0.215. The van der Waals surface area contributed by atoms with Crippen LogP contribution < -0.4 is 10.1 Å². The van der Waals surface area contributed by atoms with E-state index in [-0.39, 0.29) is 22.9 Å². The Labute approximate surface area is 85.8 Å². The van der Waals surface area contributed by atoms with E-state index < -0.39 is 11.6 Å². The van der Waals surface area contributed by atoms with Crippen LogP contribution in [0.15, 0.2) is 6.07 Å². The number of rotatable bonds is 3. The summed E-state index contributed by atoms with van der Waals surface area (Å²) in [5.74, 6) is -2.24. The SMILES string of the molecule is CNCc1cc(Cl)c(OC)c(F)c1F. The van der Waals surface area contributed by atoms with Gasteiger partial charge in [0.1, 0.15) is 0 Å². The molecule has 0 aliphatic carbocycles. The fourth-order valence-corrected chi connectivity index (χ4v) is 1.43. The highest BCUT2D eigenvalue weighted by Gasteiger charge is 2.17. The van der Waals surface area contributed by atoms with Crippen molar-refractivity contribution in [2.45, 2.75) is 6.54 Å². The van der Waals surface area contributed by atoms with Crippen molar-refractivity contribution in [3.8, 4) is 5.75 Å². The minimum atomic E-state index is -1.05. The lowest BCUT2D eigenvalue weighted by molar-refractivity contribution is 0.370. The molecule has 5 heteroatoms. The van der Waals surface area contributed by atoms with E-state index >= 15 is 0 Å². The summed E-state index contributed by atoms with van der Waals surface area (Å²) in [5, 5.41) is 2.78. The van der Waals surface area contributed by atoms with E-state index in [2.05, 4.69) is 10.1 Å². The summed E-state index contributed by atoms with van der Waals surface area (Å²) in [4.78, 5) is 0. The molecular weight excluding hydrogens is 212 g/mol. The zero-order valence-corrected chi connectivity index (χ0v) is 8.58. The van der Waals surface area contributed by atoms with Gasteiger partial charge in [-0.15, -0.1) is 0 Å². The van der Waals surface area contributed by atoms with Crippen LogP contribution >= 0.6 is 11.6 Å². The largest absolute Gasteiger partial charge is 0.492 e. The van der Waals surface area contributed by atoms with Gasteiger partial charge in [-0.1, -0.05) is 11.6 Å². The predicted molar refractivity (Wildman–Crippen MR) is 50.7 cm³/mol. The standard InChI is InChI=1S/C9H10ClF2NO/c1-13-4-5-3-6(10)9(14-2)8(12)7(5)11/h3,13H,4H2,1-2H3. The number of benzene rings is 1. The van der Waals surface area contributed by atoms with Crippen LogP contribution in [0.2, 0.25) is 5.02 Å². The van der Waals surface area contributed by atoms with Gasteiger partial charge in [0.05, 0.1) is 12.1 Å². The number of ether oxygens (including phenoxy) is 1. The lowest BCUT2D eigenvalue weighted by atomic mass is 10.2. The Morgan fingerprint density at radius 3 is 2.57 bits per heavy atom. The summed E-state index contributed by atoms with van der Waals surface area (Å²) in [6.07, 6.45) is 0. The summed E-state index contributed by atoms with van der Waals surface area (Å²) in [6, 6.07) is 1.34. The highest BCUT2D eigenvalue weighted by Crippen LogP contribution is 2.31. The first-order chi connectivity index (χ1) is 6.61. The van der Waals surface area contributed by atoms with Gasteiger partial charge in [-0.3, -0.25) is 0 Å². The maximum atomic E-state index is 13.3. The molecule has 0 radical (unpaired) electrons. The van der Waals surface area contributed by atoms with Gasteiger partial charge in [0.25, 0.3) is 0 Å². The lowest BCUT2D eigenvalue weighted by Crippen LogP contribution is -2.09. The maximum absolute atomic E-state index is 13.3. The lowest BCUT2D eigenvalue weighted by Gasteiger charge is -2.09. The van der Waals surface area contributed by atoms with Crippen LogP contribution in [-0.4, -0.2) is 14.2 Å². The van der Waals surface area contributed by atoms with E-state index in [0.717, 1.165) is 0 Å². The second kappa shape index (κ2) is 4.57. The summed E-state index contributed by atoms with van der Waals surface area (Å²) < 4.78 is 31.1. The van der Waals surface area contributed by atoms with Crippen LogP contribution in [0.25, 0.3) is 0 Å². The number of hydrogen-bond acceptors (Lipinski definition) is 2. The minimum Gasteiger partial charge on any atom is -0.492 e. The fourth-order valence-electron chi connectivity index (χ4n) is 1.13. The van der Waals surface area contributed by atoms with E-state index in [1.165, 1.54) is 13.2 Å². The third-order valence-electron chi connectivity index (χ3n) is 1.76. The molecule has 1 N–H and O–H groups in total. The van der Waals surface area contributed by atoms with Crippen molar-refractivity contribution in [2.24, 2.45) is 0 Å². The molecule has 78 valence electrons. The molecule has 0 aliphatic rings. The molecule has 1 rings (SSSR count). The molecule has 0 heterocycles. The van der Waals surface area contributed by atoms with E-state index in [1.54, 1.807) is 7.05 Å². The first kappa shape index (κ1) is 11.2. The average molecular weight is 222 g/mol. The predicted octanol–water partition coefficient (Wildman–Crippen LogP) is 2.35. The topological polar surface area (TPSA) is 21.3 Å². The number of hydrogen-bond donors (Lipinski definition) is 1. The van der Waals surface area contributed by atoms with Gasteiger partial charge in [-0.2, -0.15) is 4.39 Å². The normalized spacial score (nSPS) is 10.4. The van der Waals surface area contributed by atoms with Gasteiger partial charge < -0.3 is 10.1 Å². The van der Waals surface area contributed by atoms with Gasteiger partial charge in [0.2, 0.25) is 5.82 Å². The van der Waals surface area contributed by atoms with Gasteiger partial charge in [-0.25, -0.2) is 4.39 Å². The third-order valence-corrected chi connectivity index (χ3v) is 2.04. The quantitative estimate of drug-likeness (QED) is 0.792. The highest BCUT2D eigenvalue weighted by molar-refractivity contribution is 6.32. The van der Waals surface area contributed by atoms with Crippen molar-refractivity contribution in [3.63, 3.8) is 0 Å². The number of nitrogens with one attached hydrogen (secondary N) is 1. The summed E-state index contributed by atoms with van der Waals surface area (Å²) >= 11 is 5.68. The molecule has 0 saturated heterocycles. The van der Waals surface area contributed by atoms with E-state index in [0.29, 0.717) is 0 Å². The Bertz CT molecular complexity index is 344. The fraction of sp³-hybridized carbons (Fsp3) is 0.333. The van der Waals surface area contributed by atoms with Crippen LogP contribution in [0.4, 0.5) is 8.78 Å². The number of methoxy groups -OCH3 is 1. The molecule has 1 aromatic carbocycles. The van der Waals surface area contributed by atoms with E-state index in [4.69, 9.17) is 11.6 Å². The Morgan fingerprint density at radius 2 is 2.07 bits per heavy atom. The van der Waals surface area contributed by atoms with Gasteiger partial charge in [0.15, 0.2) is 11.6 Å². The van der Waals surface area contributed by atoms with Crippen LogP contribution in [0.5, 0.6) is 5.75 Å². The first-order valence-electron chi connectivity index (χ1n) is 3.96. The molecular formula is C9H10ClF2NO. The van der Waals surface area contributed by atoms with Crippen LogP contribution in [0.3, 0.4) is 0 Å². The molecule has 0 saturated carbocycles. The Balaban J connectivity index is 3.25. The molecule has 0 aromatic heterocycles. The molecule has 0 fully saturated rings. The van der Waals surface area contributed by atoms with Crippen molar-refractivity contribution in [1.82, 2.24) is 5.32 Å².